The molecule has 1 fully saturated rings. The van der Waals surface area contributed by atoms with Crippen molar-refractivity contribution in [3.63, 3.8) is 0 Å². The fourth-order valence-corrected chi connectivity index (χ4v) is 6.49. The molecule has 1 atom stereocenters. The van der Waals surface area contributed by atoms with Crippen LogP contribution in [0.25, 0.3) is 0 Å². The van der Waals surface area contributed by atoms with Crippen LogP contribution in [0.3, 0.4) is 0 Å². The normalized spacial score (nSPS) is 19.2. The van der Waals surface area contributed by atoms with Crippen molar-refractivity contribution in [1.82, 2.24) is 9.71 Å². The van der Waals surface area contributed by atoms with Gasteiger partial charge in [0.15, 0.2) is 5.13 Å². The van der Waals surface area contributed by atoms with E-state index in [-0.39, 0.29) is 41.1 Å². The third-order valence-electron chi connectivity index (χ3n) is 5.53. The number of nitrogen functional groups attached to an aromatic ring is 1. The summed E-state index contributed by atoms with van der Waals surface area (Å²) in [5, 5.41) is 3.54. The number of anilines is 2. The van der Waals surface area contributed by atoms with Crippen molar-refractivity contribution in [2.45, 2.75) is 51.6 Å². The molecule has 0 unspecified atom stereocenters. The van der Waals surface area contributed by atoms with Crippen LogP contribution in [0, 0.1) is 17.6 Å². The van der Waals surface area contributed by atoms with E-state index in [0.717, 1.165) is 23.5 Å². The number of esters is 1. The van der Waals surface area contributed by atoms with Crippen LogP contribution in [0.1, 0.15) is 54.8 Å². The van der Waals surface area contributed by atoms with Crippen LogP contribution in [0.2, 0.25) is 0 Å². The molecule has 35 heavy (non-hydrogen) atoms. The maximum Gasteiger partial charge on any atom is 0.302 e. The van der Waals surface area contributed by atoms with Gasteiger partial charge >= 0.3 is 5.97 Å². The van der Waals surface area contributed by atoms with Gasteiger partial charge in [0, 0.05) is 24.9 Å². The number of rotatable bonds is 10. The van der Waals surface area contributed by atoms with Gasteiger partial charge in [-0.3, -0.25) is 9.59 Å². The highest BCUT2D eigenvalue weighted by Crippen LogP contribution is 2.31. The largest absolute Gasteiger partial charge is 0.466 e. The van der Waals surface area contributed by atoms with Gasteiger partial charge in [0.1, 0.15) is 22.3 Å². The summed E-state index contributed by atoms with van der Waals surface area (Å²) in [6.07, 6.45) is 2.45. The van der Waals surface area contributed by atoms with Gasteiger partial charge < -0.3 is 15.8 Å². The Morgan fingerprint density at radius 3 is 2.40 bits per heavy atom. The van der Waals surface area contributed by atoms with Crippen molar-refractivity contribution in [3.05, 3.63) is 40.3 Å². The average Bonchev–Trinajstić information content (AvgIpc) is 3.13. The van der Waals surface area contributed by atoms with E-state index in [4.69, 9.17) is 10.5 Å². The number of nitrogens with two attached hydrogens (primary N) is 1. The highest BCUT2D eigenvalue weighted by atomic mass is 32.2. The predicted octanol–water partition coefficient (Wildman–Crippen LogP) is 3.08. The lowest BCUT2D eigenvalue weighted by molar-refractivity contribution is -0.141. The Morgan fingerprint density at radius 1 is 1.20 bits per heavy atom. The number of halogens is 2. The Balaban J connectivity index is 1.53. The summed E-state index contributed by atoms with van der Waals surface area (Å²) in [4.78, 5) is 27.6. The molecule has 1 aliphatic carbocycles. The first-order valence-corrected chi connectivity index (χ1v) is 13.6. The highest BCUT2D eigenvalue weighted by Gasteiger charge is 2.28. The standard InChI is InChI=1S/C22H28F2N4O5S2/c1-12(10-33-13(2)29)11-35(31,32)28-15-8-6-14(7-9-15)26-22-27-21(25)20(34-22)19(30)18-16(23)4-3-5-17(18)24/h3-5,12,14-15,28H,6-11,25H2,1-2H3,(H,26,27)/t12-,14?,15?/m1/s1. The van der Waals surface area contributed by atoms with E-state index in [0.29, 0.717) is 30.8 Å². The van der Waals surface area contributed by atoms with E-state index >= 15 is 0 Å². The zero-order valence-corrected chi connectivity index (χ0v) is 21.0. The summed E-state index contributed by atoms with van der Waals surface area (Å²) in [7, 11) is -3.54. The molecule has 1 heterocycles. The number of thiazole rings is 1. The summed E-state index contributed by atoms with van der Waals surface area (Å²) in [6, 6.07) is 2.92. The molecule has 192 valence electrons. The lowest BCUT2D eigenvalue weighted by Gasteiger charge is -2.29. The van der Waals surface area contributed by atoms with E-state index in [1.54, 1.807) is 6.92 Å². The maximum atomic E-state index is 14.0. The Labute approximate surface area is 206 Å². The number of ketones is 1. The van der Waals surface area contributed by atoms with Crippen molar-refractivity contribution in [2.75, 3.05) is 23.4 Å². The number of benzene rings is 1. The van der Waals surface area contributed by atoms with Crippen LogP contribution in [-0.2, 0) is 19.6 Å². The number of ether oxygens (including phenoxy) is 1. The number of aromatic nitrogens is 1. The third-order valence-corrected chi connectivity index (χ3v) is 8.23. The van der Waals surface area contributed by atoms with E-state index in [9.17, 15) is 26.8 Å². The number of nitrogens with zero attached hydrogens (tertiary/aromatic N) is 1. The smallest absolute Gasteiger partial charge is 0.302 e. The first-order chi connectivity index (χ1) is 16.4. The van der Waals surface area contributed by atoms with Gasteiger partial charge in [0.2, 0.25) is 15.8 Å². The van der Waals surface area contributed by atoms with Crippen LogP contribution in [-0.4, -0.2) is 49.6 Å². The number of carbonyl (C=O) groups is 2. The monoisotopic (exact) mass is 530 g/mol. The molecule has 4 N–H and O–H groups in total. The van der Waals surface area contributed by atoms with Gasteiger partial charge in [-0.1, -0.05) is 24.3 Å². The molecule has 1 saturated carbocycles. The van der Waals surface area contributed by atoms with Gasteiger partial charge in [-0.15, -0.1) is 0 Å². The fourth-order valence-electron chi connectivity index (χ4n) is 3.90. The molecule has 1 aromatic carbocycles. The average molecular weight is 531 g/mol. The van der Waals surface area contributed by atoms with Crippen LogP contribution in [0.15, 0.2) is 18.2 Å². The third kappa shape index (κ3) is 7.42. The molecule has 13 heteroatoms. The maximum absolute atomic E-state index is 14.0. The van der Waals surface area contributed by atoms with Crippen LogP contribution in [0.5, 0.6) is 0 Å². The van der Waals surface area contributed by atoms with Crippen molar-refractivity contribution >= 4 is 44.1 Å². The van der Waals surface area contributed by atoms with Gasteiger partial charge in [0.25, 0.3) is 0 Å². The van der Waals surface area contributed by atoms with E-state index < -0.39 is 39.0 Å². The van der Waals surface area contributed by atoms with Gasteiger partial charge in [-0.05, 0) is 37.8 Å². The molecular weight excluding hydrogens is 502 g/mol. The summed E-state index contributed by atoms with van der Waals surface area (Å²) >= 11 is 0.920. The Hall–Kier alpha value is -2.64. The Morgan fingerprint density at radius 2 is 1.80 bits per heavy atom. The number of sulfonamides is 1. The summed E-state index contributed by atoms with van der Waals surface area (Å²) in [5.74, 6) is -3.86. The van der Waals surface area contributed by atoms with Gasteiger partial charge in [-0.2, -0.15) is 0 Å². The zero-order valence-electron chi connectivity index (χ0n) is 19.3. The van der Waals surface area contributed by atoms with Gasteiger partial charge in [-0.25, -0.2) is 26.9 Å². The highest BCUT2D eigenvalue weighted by molar-refractivity contribution is 7.89. The molecule has 0 amide bonds. The summed E-state index contributed by atoms with van der Waals surface area (Å²) < 4.78 is 60.4. The second-order valence-corrected chi connectivity index (χ2v) is 11.5. The summed E-state index contributed by atoms with van der Waals surface area (Å²) in [5.41, 5.74) is 5.17. The SMILES string of the molecule is CC(=O)OC[C@@H](C)CS(=O)(=O)NC1CCC(Nc2nc(N)c(C(=O)c3c(F)cccc3F)s2)CC1. The van der Waals surface area contributed by atoms with Crippen molar-refractivity contribution < 1.29 is 31.5 Å². The van der Waals surface area contributed by atoms with Crippen molar-refractivity contribution in [1.29, 1.82) is 0 Å². The Bertz CT molecular complexity index is 1160. The first-order valence-electron chi connectivity index (χ1n) is 11.1. The minimum Gasteiger partial charge on any atom is -0.466 e. The van der Waals surface area contributed by atoms with E-state index in [1.165, 1.54) is 13.0 Å². The molecule has 0 radical (unpaired) electrons. The van der Waals surface area contributed by atoms with Gasteiger partial charge in [0.05, 0.1) is 17.9 Å². The molecule has 1 aliphatic rings. The molecule has 0 bridgehead atoms. The minimum atomic E-state index is -3.54. The number of carbonyl (C=O) groups excluding carboxylic acids is 2. The topological polar surface area (TPSA) is 140 Å². The number of hydrogen-bond acceptors (Lipinski definition) is 9. The molecule has 0 spiro atoms. The minimum absolute atomic E-state index is 0.0302. The quantitative estimate of drug-likeness (QED) is 0.314. The summed E-state index contributed by atoms with van der Waals surface area (Å²) in [6.45, 7) is 3.01. The van der Waals surface area contributed by atoms with Crippen LogP contribution < -0.4 is 15.8 Å². The number of hydrogen-bond donors (Lipinski definition) is 3. The molecule has 9 nitrogen and oxygen atoms in total. The Kier molecular flexibility index (Phi) is 8.78. The number of nitrogens with one attached hydrogen (secondary N) is 2. The fraction of sp³-hybridized carbons (Fsp3) is 0.500. The van der Waals surface area contributed by atoms with Crippen molar-refractivity contribution in [3.8, 4) is 0 Å². The molecule has 2 aromatic rings. The molecule has 1 aromatic heterocycles. The van der Waals surface area contributed by atoms with Crippen molar-refractivity contribution in [2.24, 2.45) is 5.92 Å². The zero-order chi connectivity index (χ0) is 25.8. The lowest BCUT2D eigenvalue weighted by atomic mass is 9.92. The molecule has 3 rings (SSSR count). The second-order valence-electron chi connectivity index (χ2n) is 8.66. The second kappa shape index (κ2) is 11.4. The lowest BCUT2D eigenvalue weighted by Crippen LogP contribution is -2.42. The molecule has 0 saturated heterocycles. The van der Waals surface area contributed by atoms with E-state index in [2.05, 4.69) is 15.0 Å². The first kappa shape index (κ1) is 27.0. The predicted molar refractivity (Wildman–Crippen MR) is 129 cm³/mol. The molecule has 0 aliphatic heterocycles. The van der Waals surface area contributed by atoms with E-state index in [1.807, 2.05) is 0 Å². The van der Waals surface area contributed by atoms with Crippen LogP contribution in [0.4, 0.5) is 19.7 Å². The van der Waals surface area contributed by atoms with Crippen LogP contribution >= 0.6 is 11.3 Å². The molecular formula is C22H28F2N4O5S2.